The van der Waals surface area contributed by atoms with Crippen LogP contribution < -0.4 is 5.43 Å². The summed E-state index contributed by atoms with van der Waals surface area (Å²) < 4.78 is 1.62. The lowest BCUT2D eigenvalue weighted by Gasteiger charge is -2.05. The van der Waals surface area contributed by atoms with Gasteiger partial charge in [-0.2, -0.15) is 0 Å². The van der Waals surface area contributed by atoms with Crippen molar-refractivity contribution < 1.29 is 4.79 Å². The quantitative estimate of drug-likeness (QED) is 0.763. The highest BCUT2D eigenvalue weighted by Crippen LogP contribution is 1.98. The third kappa shape index (κ3) is 1.82. The molecule has 0 bridgehead atoms. The van der Waals surface area contributed by atoms with Gasteiger partial charge in [0.1, 0.15) is 0 Å². The van der Waals surface area contributed by atoms with Crippen LogP contribution in [0.15, 0.2) is 54.9 Å². The van der Waals surface area contributed by atoms with Crippen LogP contribution in [0.2, 0.25) is 0 Å². The first-order valence-corrected chi connectivity index (χ1v) is 4.35. The van der Waals surface area contributed by atoms with E-state index in [0.717, 1.165) is 0 Å². The van der Waals surface area contributed by atoms with Crippen LogP contribution in [-0.4, -0.2) is 10.6 Å². The molecule has 0 aliphatic rings. The van der Waals surface area contributed by atoms with Crippen molar-refractivity contribution in [2.75, 3.05) is 5.43 Å². The van der Waals surface area contributed by atoms with Crippen LogP contribution in [0.25, 0.3) is 0 Å². The number of hydrogen-bond donors (Lipinski definition) is 1. The summed E-state index contributed by atoms with van der Waals surface area (Å²) in [4.78, 5) is 11.6. The lowest BCUT2D eigenvalue weighted by molar-refractivity contribution is 0.101. The number of nitrogens with one attached hydrogen (secondary N) is 1. The molecule has 1 N–H and O–H groups in total. The largest absolute Gasteiger partial charge is 0.270 e. The molecule has 14 heavy (non-hydrogen) atoms. The van der Waals surface area contributed by atoms with E-state index in [2.05, 4.69) is 5.43 Å². The zero-order valence-corrected chi connectivity index (χ0v) is 7.55. The number of nitrogens with zero attached hydrogens (tertiary/aromatic N) is 1. The molecule has 3 heteroatoms. The fourth-order valence-corrected chi connectivity index (χ4v) is 1.18. The average Bonchev–Trinajstić information content (AvgIpc) is 2.72. The molecule has 0 aliphatic carbocycles. The van der Waals surface area contributed by atoms with E-state index < -0.39 is 0 Å². The SMILES string of the molecule is O=C(Nn1cccc1)c1ccccc1. The van der Waals surface area contributed by atoms with Gasteiger partial charge >= 0.3 is 0 Å². The lowest BCUT2D eigenvalue weighted by Crippen LogP contribution is -2.21. The van der Waals surface area contributed by atoms with E-state index in [1.165, 1.54) is 0 Å². The Kier molecular flexibility index (Phi) is 2.32. The maximum Gasteiger partial charge on any atom is 0.270 e. The first-order chi connectivity index (χ1) is 6.86. The Balaban J connectivity index is 2.11. The minimum Gasteiger partial charge on any atom is -0.268 e. The van der Waals surface area contributed by atoms with Gasteiger partial charge in [-0.15, -0.1) is 0 Å². The molecule has 70 valence electrons. The Labute approximate surface area is 82.0 Å². The number of rotatable bonds is 2. The van der Waals surface area contributed by atoms with Crippen molar-refractivity contribution in [1.82, 2.24) is 4.68 Å². The summed E-state index contributed by atoms with van der Waals surface area (Å²) in [6, 6.07) is 12.8. The number of carbonyl (C=O) groups is 1. The third-order valence-corrected chi connectivity index (χ3v) is 1.87. The van der Waals surface area contributed by atoms with Crippen molar-refractivity contribution in [3.05, 3.63) is 60.4 Å². The van der Waals surface area contributed by atoms with Crippen molar-refractivity contribution in [3.8, 4) is 0 Å². The number of hydrogen-bond acceptors (Lipinski definition) is 1. The van der Waals surface area contributed by atoms with Crippen LogP contribution >= 0.6 is 0 Å². The fraction of sp³-hybridized carbons (Fsp3) is 0. The van der Waals surface area contributed by atoms with E-state index >= 15 is 0 Å². The topological polar surface area (TPSA) is 34.0 Å². The van der Waals surface area contributed by atoms with Crippen molar-refractivity contribution in [2.24, 2.45) is 0 Å². The molecule has 0 radical (unpaired) electrons. The van der Waals surface area contributed by atoms with Crippen LogP contribution in [0.4, 0.5) is 0 Å². The third-order valence-electron chi connectivity index (χ3n) is 1.87. The Morgan fingerprint density at radius 2 is 1.64 bits per heavy atom. The number of benzene rings is 1. The predicted octanol–water partition coefficient (Wildman–Crippen LogP) is 1.87. The smallest absolute Gasteiger partial charge is 0.268 e. The second-order valence-electron chi connectivity index (χ2n) is 2.90. The summed E-state index contributed by atoms with van der Waals surface area (Å²) in [6.45, 7) is 0. The molecule has 0 saturated carbocycles. The molecular formula is C11H10N2O. The minimum atomic E-state index is -0.109. The van der Waals surface area contributed by atoms with Gasteiger partial charge in [0.15, 0.2) is 0 Å². The highest BCUT2D eigenvalue weighted by molar-refractivity contribution is 5.99. The summed E-state index contributed by atoms with van der Waals surface area (Å²) in [7, 11) is 0. The predicted molar refractivity (Wildman–Crippen MR) is 54.6 cm³/mol. The van der Waals surface area contributed by atoms with E-state index in [9.17, 15) is 4.79 Å². The van der Waals surface area contributed by atoms with Gasteiger partial charge in [-0.1, -0.05) is 18.2 Å². The molecule has 1 heterocycles. The van der Waals surface area contributed by atoms with Crippen LogP contribution in [0.5, 0.6) is 0 Å². The number of amides is 1. The maximum absolute atomic E-state index is 11.6. The standard InChI is InChI=1S/C11H10N2O/c14-11(10-6-2-1-3-7-10)12-13-8-4-5-9-13/h1-9H,(H,12,14). The van der Waals surface area contributed by atoms with Gasteiger partial charge in [-0.3, -0.25) is 14.9 Å². The highest BCUT2D eigenvalue weighted by Gasteiger charge is 2.02. The maximum atomic E-state index is 11.6. The number of carbonyl (C=O) groups excluding carboxylic acids is 1. The van der Waals surface area contributed by atoms with Gasteiger partial charge < -0.3 is 0 Å². The zero-order chi connectivity index (χ0) is 9.80. The molecule has 0 aliphatic heterocycles. The monoisotopic (exact) mass is 186 g/mol. The Bertz CT molecular complexity index is 406. The molecule has 0 spiro atoms. The Morgan fingerprint density at radius 1 is 1.00 bits per heavy atom. The van der Waals surface area contributed by atoms with Gasteiger partial charge in [0.25, 0.3) is 5.91 Å². The summed E-state index contributed by atoms with van der Waals surface area (Å²) in [5.41, 5.74) is 3.37. The molecule has 1 amide bonds. The summed E-state index contributed by atoms with van der Waals surface area (Å²) in [5.74, 6) is -0.109. The van der Waals surface area contributed by atoms with E-state index in [-0.39, 0.29) is 5.91 Å². The minimum absolute atomic E-state index is 0.109. The van der Waals surface area contributed by atoms with Gasteiger partial charge in [0.2, 0.25) is 0 Å². The molecule has 2 aromatic rings. The van der Waals surface area contributed by atoms with E-state index in [4.69, 9.17) is 0 Å². The van der Waals surface area contributed by atoms with Crippen molar-refractivity contribution in [1.29, 1.82) is 0 Å². The molecule has 0 saturated heterocycles. The lowest BCUT2D eigenvalue weighted by atomic mass is 10.2. The molecule has 1 aromatic carbocycles. The Hall–Kier alpha value is -2.03. The van der Waals surface area contributed by atoms with Gasteiger partial charge in [-0.25, -0.2) is 0 Å². The molecule has 2 rings (SSSR count). The van der Waals surface area contributed by atoms with Crippen LogP contribution in [-0.2, 0) is 0 Å². The first kappa shape index (κ1) is 8.56. The Morgan fingerprint density at radius 3 is 2.29 bits per heavy atom. The molecule has 0 unspecified atom stereocenters. The second kappa shape index (κ2) is 3.79. The van der Waals surface area contributed by atoms with Gasteiger partial charge in [0.05, 0.1) is 0 Å². The fourth-order valence-electron chi connectivity index (χ4n) is 1.18. The van der Waals surface area contributed by atoms with Crippen molar-refractivity contribution in [2.45, 2.75) is 0 Å². The van der Waals surface area contributed by atoms with Crippen LogP contribution in [0.1, 0.15) is 10.4 Å². The van der Waals surface area contributed by atoms with E-state index in [1.54, 1.807) is 29.2 Å². The molecule has 3 nitrogen and oxygen atoms in total. The number of aromatic nitrogens is 1. The van der Waals surface area contributed by atoms with Crippen molar-refractivity contribution in [3.63, 3.8) is 0 Å². The van der Waals surface area contributed by atoms with Crippen molar-refractivity contribution >= 4 is 5.91 Å². The molecular weight excluding hydrogens is 176 g/mol. The molecule has 1 aromatic heterocycles. The summed E-state index contributed by atoms with van der Waals surface area (Å²) >= 11 is 0. The normalized spacial score (nSPS) is 9.71. The second-order valence-corrected chi connectivity index (χ2v) is 2.90. The summed E-state index contributed by atoms with van der Waals surface area (Å²) in [5, 5.41) is 0. The average molecular weight is 186 g/mol. The summed E-state index contributed by atoms with van der Waals surface area (Å²) in [6.07, 6.45) is 3.56. The van der Waals surface area contributed by atoms with Crippen LogP contribution in [0.3, 0.4) is 0 Å². The molecule has 0 atom stereocenters. The zero-order valence-electron chi connectivity index (χ0n) is 7.55. The van der Waals surface area contributed by atoms with Crippen LogP contribution in [0, 0.1) is 0 Å². The first-order valence-electron chi connectivity index (χ1n) is 4.35. The van der Waals surface area contributed by atoms with E-state index in [1.807, 2.05) is 30.3 Å². The van der Waals surface area contributed by atoms with Gasteiger partial charge in [0, 0.05) is 18.0 Å². The molecule has 0 fully saturated rings. The highest BCUT2D eigenvalue weighted by atomic mass is 16.2. The van der Waals surface area contributed by atoms with E-state index in [0.29, 0.717) is 5.56 Å². The van der Waals surface area contributed by atoms with Gasteiger partial charge in [-0.05, 0) is 24.3 Å².